The molecule has 0 spiro atoms. The van der Waals surface area contributed by atoms with Crippen LogP contribution in [-0.2, 0) is 6.54 Å². The van der Waals surface area contributed by atoms with Crippen LogP contribution in [0.4, 0.5) is 0 Å². The van der Waals surface area contributed by atoms with Crippen LogP contribution in [0.1, 0.15) is 65.6 Å². The number of nitrogens with zero attached hydrogens (tertiary/aromatic N) is 2. The monoisotopic (exact) mass is 476 g/mol. The van der Waals surface area contributed by atoms with E-state index in [1.807, 2.05) is 12.1 Å². The molecule has 5 aromatic rings. The molecule has 1 fully saturated rings. The molecule has 1 unspecified atom stereocenters. The minimum absolute atomic E-state index is 0.136. The predicted molar refractivity (Wildman–Crippen MR) is 145 cm³/mol. The summed E-state index contributed by atoms with van der Waals surface area (Å²) in [6.45, 7) is 3.26. The minimum atomic E-state index is 0.136. The van der Waals surface area contributed by atoms with Crippen LogP contribution in [0.2, 0.25) is 5.02 Å². The van der Waals surface area contributed by atoms with Gasteiger partial charge in [0.15, 0.2) is 0 Å². The lowest BCUT2D eigenvalue weighted by Gasteiger charge is -2.20. The first kappa shape index (κ1) is 22.1. The third-order valence-corrected chi connectivity index (χ3v) is 7.49. The Bertz CT molecular complexity index is 1430. The number of imidazole rings is 1. The number of hydrogen-bond donors (Lipinski definition) is 0. The van der Waals surface area contributed by atoms with E-state index in [1.54, 1.807) is 0 Å². The standard InChI is InChI=1S/C32H29ClN2/c1-22(23-8-4-2-5-9-23)21-35-30-20-27(16-19-29(30)34-32(35)26-12-13-26)31(24-10-6-3-7-11-24)25-14-17-28(33)18-15-25/h2-11,14-20,22,26,31H,12-13,21H2,1H3/t22-,31?/m1/s1. The Morgan fingerprint density at radius 1 is 0.771 bits per heavy atom. The molecule has 0 bridgehead atoms. The van der Waals surface area contributed by atoms with Crippen LogP contribution in [0, 0.1) is 0 Å². The highest BCUT2D eigenvalue weighted by Gasteiger charge is 2.30. The summed E-state index contributed by atoms with van der Waals surface area (Å²) in [4.78, 5) is 5.12. The fourth-order valence-corrected chi connectivity index (χ4v) is 5.35. The largest absolute Gasteiger partial charge is 0.327 e. The molecular weight excluding hydrogens is 448 g/mol. The zero-order valence-electron chi connectivity index (χ0n) is 19.9. The molecule has 3 heteroatoms. The van der Waals surface area contributed by atoms with Crippen molar-refractivity contribution < 1.29 is 0 Å². The van der Waals surface area contributed by atoms with Crippen molar-refractivity contribution in [2.75, 3.05) is 0 Å². The lowest BCUT2D eigenvalue weighted by atomic mass is 9.85. The average Bonchev–Trinajstić information content (AvgIpc) is 3.69. The minimum Gasteiger partial charge on any atom is -0.327 e. The number of fused-ring (bicyclic) bond motifs is 1. The Morgan fingerprint density at radius 2 is 1.37 bits per heavy atom. The van der Waals surface area contributed by atoms with E-state index in [4.69, 9.17) is 16.6 Å². The van der Waals surface area contributed by atoms with Crippen LogP contribution in [0.25, 0.3) is 11.0 Å². The summed E-state index contributed by atoms with van der Waals surface area (Å²) in [7, 11) is 0. The van der Waals surface area contributed by atoms with Crippen molar-refractivity contribution in [1.82, 2.24) is 9.55 Å². The van der Waals surface area contributed by atoms with Crippen molar-refractivity contribution >= 4 is 22.6 Å². The average molecular weight is 477 g/mol. The van der Waals surface area contributed by atoms with Gasteiger partial charge in [0.25, 0.3) is 0 Å². The van der Waals surface area contributed by atoms with E-state index in [-0.39, 0.29) is 5.92 Å². The summed E-state index contributed by atoms with van der Waals surface area (Å²) >= 11 is 6.23. The van der Waals surface area contributed by atoms with E-state index in [0.29, 0.717) is 11.8 Å². The molecule has 0 N–H and O–H groups in total. The Morgan fingerprint density at radius 3 is 2.03 bits per heavy atom. The van der Waals surface area contributed by atoms with Gasteiger partial charge >= 0.3 is 0 Å². The van der Waals surface area contributed by atoms with Gasteiger partial charge in [0, 0.05) is 23.4 Å². The summed E-state index contributed by atoms with van der Waals surface area (Å²) in [6, 6.07) is 36.7. The lowest BCUT2D eigenvalue weighted by molar-refractivity contribution is 0.586. The van der Waals surface area contributed by atoms with Crippen LogP contribution in [0.5, 0.6) is 0 Å². The Balaban J connectivity index is 1.47. The van der Waals surface area contributed by atoms with Crippen LogP contribution < -0.4 is 0 Å². The molecule has 2 atom stereocenters. The van der Waals surface area contributed by atoms with Crippen molar-refractivity contribution in [2.24, 2.45) is 0 Å². The number of hydrogen-bond acceptors (Lipinski definition) is 1. The molecule has 1 aliphatic rings. The van der Waals surface area contributed by atoms with Crippen molar-refractivity contribution in [3.8, 4) is 0 Å². The van der Waals surface area contributed by atoms with Gasteiger partial charge in [0.1, 0.15) is 5.82 Å². The molecule has 1 heterocycles. The van der Waals surface area contributed by atoms with Gasteiger partial charge < -0.3 is 4.57 Å². The fraction of sp³-hybridized carbons (Fsp3) is 0.219. The molecule has 1 saturated carbocycles. The highest BCUT2D eigenvalue weighted by Crippen LogP contribution is 2.42. The van der Waals surface area contributed by atoms with Crippen LogP contribution in [0.3, 0.4) is 0 Å². The highest BCUT2D eigenvalue weighted by molar-refractivity contribution is 6.30. The molecule has 0 radical (unpaired) electrons. The van der Waals surface area contributed by atoms with Gasteiger partial charge in [-0.3, -0.25) is 0 Å². The smallest absolute Gasteiger partial charge is 0.113 e. The maximum atomic E-state index is 6.23. The summed E-state index contributed by atoms with van der Waals surface area (Å²) < 4.78 is 2.50. The van der Waals surface area contributed by atoms with E-state index in [2.05, 4.69) is 102 Å². The van der Waals surface area contributed by atoms with Gasteiger partial charge in [0.05, 0.1) is 11.0 Å². The highest BCUT2D eigenvalue weighted by atomic mass is 35.5. The first-order chi connectivity index (χ1) is 17.2. The maximum absolute atomic E-state index is 6.23. The van der Waals surface area contributed by atoms with Crippen molar-refractivity contribution in [3.05, 3.63) is 136 Å². The van der Waals surface area contributed by atoms with Crippen LogP contribution >= 0.6 is 11.6 Å². The van der Waals surface area contributed by atoms with Gasteiger partial charge in [-0.05, 0) is 65.3 Å². The molecular formula is C32H29ClN2. The zero-order chi connectivity index (χ0) is 23.8. The third kappa shape index (κ3) is 4.51. The van der Waals surface area contributed by atoms with Gasteiger partial charge in [-0.25, -0.2) is 4.98 Å². The van der Waals surface area contributed by atoms with Gasteiger partial charge in [0.2, 0.25) is 0 Å². The van der Waals surface area contributed by atoms with E-state index in [9.17, 15) is 0 Å². The summed E-state index contributed by atoms with van der Waals surface area (Å²) in [5.41, 5.74) is 7.50. The molecule has 4 aromatic carbocycles. The number of benzene rings is 4. The first-order valence-electron chi connectivity index (χ1n) is 12.5. The second-order valence-corrected chi connectivity index (χ2v) is 10.2. The van der Waals surface area contributed by atoms with Gasteiger partial charge in [-0.1, -0.05) is 97.4 Å². The second kappa shape index (κ2) is 9.36. The van der Waals surface area contributed by atoms with Crippen molar-refractivity contribution in [1.29, 1.82) is 0 Å². The molecule has 0 saturated heterocycles. The van der Waals surface area contributed by atoms with Crippen molar-refractivity contribution in [2.45, 2.75) is 44.1 Å². The second-order valence-electron chi connectivity index (χ2n) is 9.81. The van der Waals surface area contributed by atoms with Crippen LogP contribution in [0.15, 0.2) is 103 Å². The zero-order valence-corrected chi connectivity index (χ0v) is 20.7. The molecule has 1 aromatic heterocycles. The summed E-state index contributed by atoms with van der Waals surface area (Å²) in [5, 5.41) is 0.762. The molecule has 0 amide bonds. The van der Waals surface area contributed by atoms with Crippen molar-refractivity contribution in [3.63, 3.8) is 0 Å². The Kier molecular flexibility index (Phi) is 5.91. The SMILES string of the molecule is C[C@H](Cn1c(C2CC2)nc2ccc(C(c3ccccc3)c3ccc(Cl)cc3)cc21)c1ccccc1. The van der Waals surface area contributed by atoms with E-state index in [0.717, 1.165) is 17.1 Å². The van der Waals surface area contributed by atoms with E-state index in [1.165, 1.54) is 46.4 Å². The first-order valence-corrected chi connectivity index (χ1v) is 12.9. The molecule has 174 valence electrons. The fourth-order valence-electron chi connectivity index (χ4n) is 5.22. The third-order valence-electron chi connectivity index (χ3n) is 7.24. The van der Waals surface area contributed by atoms with E-state index >= 15 is 0 Å². The summed E-state index contributed by atoms with van der Waals surface area (Å²) in [5.74, 6) is 2.39. The van der Waals surface area contributed by atoms with Gasteiger partial charge in [-0.15, -0.1) is 0 Å². The summed E-state index contributed by atoms with van der Waals surface area (Å²) in [6.07, 6.45) is 2.49. The number of aromatic nitrogens is 2. The molecule has 35 heavy (non-hydrogen) atoms. The quantitative estimate of drug-likeness (QED) is 0.215. The molecule has 6 rings (SSSR count). The van der Waals surface area contributed by atoms with Crippen LogP contribution in [-0.4, -0.2) is 9.55 Å². The normalized spacial score (nSPS) is 15.3. The lowest BCUT2D eigenvalue weighted by Crippen LogP contribution is -2.10. The number of rotatable bonds is 7. The number of halogens is 1. The molecule has 0 aliphatic heterocycles. The maximum Gasteiger partial charge on any atom is 0.113 e. The predicted octanol–water partition coefficient (Wildman–Crippen LogP) is 8.55. The molecule has 1 aliphatic carbocycles. The van der Waals surface area contributed by atoms with E-state index < -0.39 is 0 Å². The topological polar surface area (TPSA) is 17.8 Å². The Hall–Kier alpha value is -3.36. The Labute approximate surface area is 212 Å². The van der Waals surface area contributed by atoms with Gasteiger partial charge in [-0.2, -0.15) is 0 Å². The molecule has 2 nitrogen and oxygen atoms in total.